The lowest BCUT2D eigenvalue weighted by atomic mass is 9.90. The van der Waals surface area contributed by atoms with Crippen molar-refractivity contribution in [2.24, 2.45) is 7.05 Å². The zero-order valence-corrected chi connectivity index (χ0v) is 16.8. The molecule has 168 valence electrons. The SMILES string of the molecule is Cn1cnnc1C(F)(F)C(C)(F)c1cccc(N2Cc3c(cccc3C(F)(F)F)C2=O)c1. The van der Waals surface area contributed by atoms with Gasteiger partial charge >= 0.3 is 12.1 Å². The predicted octanol–water partition coefficient (Wildman–Crippen LogP) is 4.97. The van der Waals surface area contributed by atoms with E-state index in [1.807, 2.05) is 0 Å². The Bertz CT molecular complexity index is 1200. The second-order valence-corrected chi connectivity index (χ2v) is 7.61. The molecular weight excluding hydrogens is 438 g/mol. The summed E-state index contributed by atoms with van der Waals surface area (Å²) in [4.78, 5) is 13.8. The van der Waals surface area contributed by atoms with Crippen molar-refractivity contribution in [3.63, 3.8) is 0 Å². The summed E-state index contributed by atoms with van der Waals surface area (Å²) in [6.45, 7) is 0.249. The Morgan fingerprint density at radius 3 is 2.31 bits per heavy atom. The summed E-state index contributed by atoms with van der Waals surface area (Å²) in [5.41, 5.74) is -5.04. The van der Waals surface area contributed by atoms with E-state index in [4.69, 9.17) is 0 Å². The average molecular weight is 454 g/mol. The van der Waals surface area contributed by atoms with Gasteiger partial charge in [0.2, 0.25) is 11.5 Å². The highest BCUT2D eigenvalue weighted by Gasteiger charge is 2.57. The van der Waals surface area contributed by atoms with E-state index in [2.05, 4.69) is 10.2 Å². The van der Waals surface area contributed by atoms with Crippen LogP contribution >= 0.6 is 0 Å². The molecule has 0 saturated heterocycles. The molecule has 0 saturated carbocycles. The lowest BCUT2D eigenvalue weighted by Crippen LogP contribution is -2.39. The minimum absolute atomic E-state index is 0.00513. The third-order valence-corrected chi connectivity index (χ3v) is 5.56. The van der Waals surface area contributed by atoms with Gasteiger partial charge in [-0.1, -0.05) is 18.2 Å². The number of halogens is 6. The highest BCUT2D eigenvalue weighted by Crippen LogP contribution is 2.48. The largest absolute Gasteiger partial charge is 0.416 e. The number of nitrogens with zero attached hydrogens (tertiary/aromatic N) is 4. The van der Waals surface area contributed by atoms with Crippen molar-refractivity contribution in [3.8, 4) is 0 Å². The molecule has 5 nitrogen and oxygen atoms in total. The molecular formula is C21H16F6N4O. The molecule has 2 heterocycles. The summed E-state index contributed by atoms with van der Waals surface area (Å²) in [5, 5.41) is 6.66. The summed E-state index contributed by atoms with van der Waals surface area (Å²) in [7, 11) is 1.24. The van der Waals surface area contributed by atoms with Crippen LogP contribution in [0.2, 0.25) is 0 Å². The van der Waals surface area contributed by atoms with Crippen molar-refractivity contribution in [2.45, 2.75) is 31.2 Å². The van der Waals surface area contributed by atoms with Gasteiger partial charge in [0.1, 0.15) is 6.33 Å². The molecule has 2 aromatic carbocycles. The number of alkyl halides is 6. The van der Waals surface area contributed by atoms with Crippen LogP contribution in [0.15, 0.2) is 48.8 Å². The minimum Gasteiger partial charge on any atom is -0.316 e. The van der Waals surface area contributed by atoms with Crippen LogP contribution in [0.3, 0.4) is 0 Å². The van der Waals surface area contributed by atoms with Crippen LogP contribution in [0.5, 0.6) is 0 Å². The molecule has 0 spiro atoms. The normalized spacial score (nSPS) is 16.2. The average Bonchev–Trinajstić information content (AvgIpc) is 3.31. The van der Waals surface area contributed by atoms with Crippen molar-refractivity contribution < 1.29 is 31.1 Å². The van der Waals surface area contributed by atoms with Crippen LogP contribution < -0.4 is 4.90 Å². The molecule has 11 heteroatoms. The maximum atomic E-state index is 15.5. The number of aryl methyl sites for hydroxylation is 1. The lowest BCUT2D eigenvalue weighted by molar-refractivity contribution is -0.149. The van der Waals surface area contributed by atoms with E-state index in [0.717, 1.165) is 40.1 Å². The third kappa shape index (κ3) is 3.23. The van der Waals surface area contributed by atoms with Crippen LogP contribution in [0.4, 0.5) is 32.0 Å². The van der Waals surface area contributed by atoms with Crippen molar-refractivity contribution >= 4 is 11.6 Å². The van der Waals surface area contributed by atoms with Gasteiger partial charge in [0, 0.05) is 18.3 Å². The van der Waals surface area contributed by atoms with Crippen LogP contribution in [-0.2, 0) is 31.4 Å². The van der Waals surface area contributed by atoms with Crippen molar-refractivity contribution in [1.29, 1.82) is 0 Å². The number of amides is 1. The van der Waals surface area contributed by atoms with Crippen molar-refractivity contribution in [2.75, 3.05) is 4.90 Å². The fourth-order valence-electron chi connectivity index (χ4n) is 3.73. The molecule has 1 unspecified atom stereocenters. The van der Waals surface area contributed by atoms with Gasteiger partial charge in [-0.15, -0.1) is 10.2 Å². The zero-order valence-electron chi connectivity index (χ0n) is 16.8. The third-order valence-electron chi connectivity index (χ3n) is 5.56. The van der Waals surface area contributed by atoms with Gasteiger partial charge in [-0.25, -0.2) is 4.39 Å². The van der Waals surface area contributed by atoms with Crippen LogP contribution in [0, 0.1) is 0 Å². The van der Waals surface area contributed by atoms with E-state index < -0.39 is 47.2 Å². The van der Waals surface area contributed by atoms with E-state index in [9.17, 15) is 26.7 Å². The predicted molar refractivity (Wildman–Crippen MR) is 102 cm³/mol. The number of carbonyl (C=O) groups excluding carboxylic acids is 1. The first-order chi connectivity index (χ1) is 14.9. The molecule has 1 atom stereocenters. The van der Waals surface area contributed by atoms with Gasteiger partial charge in [0.25, 0.3) is 5.91 Å². The standard InChI is InChI=1S/C21H16F6N4O/c1-19(22,20(23,24)18-29-28-11-30(18)2)12-5-3-6-13(9-12)31-10-15-14(17(31)32)7-4-8-16(15)21(25,26)27/h3-9,11H,10H2,1-2H3. The fraction of sp³-hybridized carbons (Fsp3) is 0.286. The number of hydrogen-bond donors (Lipinski definition) is 0. The molecule has 0 N–H and O–H groups in total. The van der Waals surface area contributed by atoms with E-state index in [0.29, 0.717) is 6.92 Å². The molecule has 0 fully saturated rings. The highest BCUT2D eigenvalue weighted by atomic mass is 19.4. The molecule has 0 bridgehead atoms. The van der Waals surface area contributed by atoms with Gasteiger partial charge in [0.05, 0.1) is 12.1 Å². The number of aromatic nitrogens is 3. The molecule has 32 heavy (non-hydrogen) atoms. The lowest BCUT2D eigenvalue weighted by Gasteiger charge is -2.30. The summed E-state index contributed by atoms with van der Waals surface area (Å²) in [6.07, 6.45) is -3.66. The first-order valence-electron chi connectivity index (χ1n) is 9.38. The first-order valence-corrected chi connectivity index (χ1v) is 9.38. The summed E-state index contributed by atoms with van der Waals surface area (Å²) in [6, 6.07) is 8.00. The number of anilines is 1. The summed E-state index contributed by atoms with van der Waals surface area (Å²) < 4.78 is 86.4. The van der Waals surface area contributed by atoms with E-state index in [1.165, 1.54) is 25.2 Å². The second kappa shape index (κ2) is 7.07. The number of benzene rings is 2. The molecule has 1 aliphatic rings. The molecule has 1 aliphatic heterocycles. The Balaban J connectivity index is 1.73. The second-order valence-electron chi connectivity index (χ2n) is 7.61. The smallest absolute Gasteiger partial charge is 0.316 e. The van der Waals surface area contributed by atoms with Crippen LogP contribution in [-0.4, -0.2) is 20.7 Å². The number of rotatable bonds is 4. The highest BCUT2D eigenvalue weighted by molar-refractivity contribution is 6.10. The molecule has 3 aromatic rings. The molecule has 0 aliphatic carbocycles. The molecule has 1 amide bonds. The Kier molecular flexibility index (Phi) is 4.83. The number of fused-ring (bicyclic) bond motifs is 1. The van der Waals surface area contributed by atoms with Crippen molar-refractivity contribution in [3.05, 3.63) is 76.9 Å². The molecule has 4 rings (SSSR count). The maximum absolute atomic E-state index is 15.5. The Hall–Kier alpha value is -3.37. The Labute approximate surface area is 178 Å². The fourth-order valence-corrected chi connectivity index (χ4v) is 3.73. The Morgan fingerprint density at radius 2 is 1.69 bits per heavy atom. The van der Waals surface area contributed by atoms with Gasteiger partial charge in [-0.3, -0.25) is 4.79 Å². The maximum Gasteiger partial charge on any atom is 0.416 e. The monoisotopic (exact) mass is 454 g/mol. The van der Waals surface area contributed by atoms with Crippen LogP contribution in [0.1, 0.15) is 39.8 Å². The quantitative estimate of drug-likeness (QED) is 0.523. The van der Waals surface area contributed by atoms with E-state index in [-0.39, 0.29) is 16.8 Å². The van der Waals surface area contributed by atoms with Crippen LogP contribution in [0.25, 0.3) is 0 Å². The zero-order chi connectivity index (χ0) is 23.5. The minimum atomic E-state index is -4.67. The number of carbonyl (C=O) groups is 1. The molecule has 1 aromatic heterocycles. The Morgan fingerprint density at radius 1 is 1.00 bits per heavy atom. The van der Waals surface area contributed by atoms with E-state index in [1.54, 1.807) is 0 Å². The number of hydrogen-bond acceptors (Lipinski definition) is 3. The summed E-state index contributed by atoms with van der Waals surface area (Å²) in [5.74, 6) is -5.71. The topological polar surface area (TPSA) is 51.0 Å². The van der Waals surface area contributed by atoms with Gasteiger partial charge in [-0.05, 0) is 42.3 Å². The van der Waals surface area contributed by atoms with Gasteiger partial charge < -0.3 is 9.47 Å². The van der Waals surface area contributed by atoms with Crippen molar-refractivity contribution in [1.82, 2.24) is 14.8 Å². The van der Waals surface area contributed by atoms with E-state index >= 15 is 4.39 Å². The summed E-state index contributed by atoms with van der Waals surface area (Å²) >= 11 is 0. The first kappa shape index (κ1) is 21.8. The van der Waals surface area contributed by atoms with Gasteiger partial charge in [0.15, 0.2) is 0 Å². The van der Waals surface area contributed by atoms with Gasteiger partial charge in [-0.2, -0.15) is 22.0 Å². The molecule has 0 radical (unpaired) electrons.